The number of nitrogens with zero attached hydrogens (tertiary/aromatic N) is 2. The molecule has 2 rings (SSSR count). The first-order valence-corrected chi connectivity index (χ1v) is 8.66. The standard InChI is InChI=1S/C17H25BrN2O/c1-4-14(5-2)17(21)20-10-8-19(9-11-20)15-7-6-13(3)16(18)12-15/h6-7,12,14H,4-5,8-11H2,1-3H3. The molecular weight excluding hydrogens is 328 g/mol. The molecular formula is C17H25BrN2O. The van der Waals surface area contributed by atoms with Gasteiger partial charge in [-0.05, 0) is 37.5 Å². The maximum absolute atomic E-state index is 12.4. The molecule has 0 unspecified atom stereocenters. The first-order valence-electron chi connectivity index (χ1n) is 7.86. The fourth-order valence-electron chi connectivity index (χ4n) is 2.86. The molecule has 116 valence electrons. The van der Waals surface area contributed by atoms with E-state index in [9.17, 15) is 4.79 Å². The summed E-state index contributed by atoms with van der Waals surface area (Å²) in [5.74, 6) is 0.537. The van der Waals surface area contributed by atoms with Crippen LogP contribution in [0.4, 0.5) is 5.69 Å². The second kappa shape index (κ2) is 7.30. The predicted molar refractivity (Wildman–Crippen MR) is 91.7 cm³/mol. The van der Waals surface area contributed by atoms with E-state index in [0.717, 1.165) is 43.5 Å². The van der Waals surface area contributed by atoms with Gasteiger partial charge in [-0.3, -0.25) is 4.79 Å². The average molecular weight is 353 g/mol. The number of hydrogen-bond acceptors (Lipinski definition) is 2. The zero-order valence-electron chi connectivity index (χ0n) is 13.2. The smallest absolute Gasteiger partial charge is 0.225 e. The molecule has 1 aromatic rings. The average Bonchev–Trinajstić information content (AvgIpc) is 2.51. The maximum atomic E-state index is 12.4. The molecule has 4 heteroatoms. The largest absolute Gasteiger partial charge is 0.368 e. The molecule has 0 N–H and O–H groups in total. The predicted octanol–water partition coefficient (Wildman–Crippen LogP) is 3.84. The van der Waals surface area contributed by atoms with Crippen LogP contribution in [0.1, 0.15) is 32.3 Å². The van der Waals surface area contributed by atoms with Crippen LogP contribution in [0.5, 0.6) is 0 Å². The SMILES string of the molecule is CCC(CC)C(=O)N1CCN(c2ccc(C)c(Br)c2)CC1. The summed E-state index contributed by atoms with van der Waals surface area (Å²) >= 11 is 3.59. The van der Waals surface area contributed by atoms with E-state index >= 15 is 0 Å². The third-order valence-corrected chi connectivity index (χ3v) is 5.30. The minimum Gasteiger partial charge on any atom is -0.368 e. The van der Waals surface area contributed by atoms with Crippen LogP contribution in [0.3, 0.4) is 0 Å². The van der Waals surface area contributed by atoms with E-state index in [1.807, 2.05) is 4.90 Å². The Hall–Kier alpha value is -1.03. The van der Waals surface area contributed by atoms with Gasteiger partial charge in [-0.25, -0.2) is 0 Å². The zero-order valence-corrected chi connectivity index (χ0v) is 14.8. The molecule has 0 aromatic heterocycles. The molecule has 3 nitrogen and oxygen atoms in total. The monoisotopic (exact) mass is 352 g/mol. The Bertz CT molecular complexity index is 492. The van der Waals surface area contributed by atoms with Crippen LogP contribution in [-0.4, -0.2) is 37.0 Å². The van der Waals surface area contributed by atoms with Crippen LogP contribution >= 0.6 is 15.9 Å². The van der Waals surface area contributed by atoms with Crippen LogP contribution in [0.25, 0.3) is 0 Å². The molecule has 0 spiro atoms. The number of aryl methyl sites for hydroxylation is 1. The highest BCUT2D eigenvalue weighted by Crippen LogP contribution is 2.25. The van der Waals surface area contributed by atoms with Crippen LogP contribution in [0.15, 0.2) is 22.7 Å². The lowest BCUT2D eigenvalue weighted by Gasteiger charge is -2.37. The van der Waals surface area contributed by atoms with E-state index in [1.165, 1.54) is 11.3 Å². The van der Waals surface area contributed by atoms with Crippen LogP contribution in [0.2, 0.25) is 0 Å². The van der Waals surface area contributed by atoms with Crippen molar-refractivity contribution in [1.29, 1.82) is 0 Å². The summed E-state index contributed by atoms with van der Waals surface area (Å²) in [5, 5.41) is 0. The fraction of sp³-hybridized carbons (Fsp3) is 0.588. The van der Waals surface area contributed by atoms with Crippen molar-refractivity contribution in [2.45, 2.75) is 33.6 Å². The van der Waals surface area contributed by atoms with E-state index in [2.05, 4.69) is 59.8 Å². The lowest BCUT2D eigenvalue weighted by Crippen LogP contribution is -2.50. The summed E-state index contributed by atoms with van der Waals surface area (Å²) in [6.45, 7) is 9.81. The minimum atomic E-state index is 0.199. The normalized spacial score (nSPS) is 15.7. The third-order valence-electron chi connectivity index (χ3n) is 4.45. The molecule has 1 aliphatic rings. The molecule has 0 aliphatic carbocycles. The molecule has 1 aliphatic heterocycles. The Balaban J connectivity index is 1.96. The van der Waals surface area contributed by atoms with Gasteiger partial charge >= 0.3 is 0 Å². The van der Waals surface area contributed by atoms with Crippen molar-refractivity contribution in [3.63, 3.8) is 0 Å². The lowest BCUT2D eigenvalue weighted by atomic mass is 10.0. The number of hydrogen-bond donors (Lipinski definition) is 0. The zero-order chi connectivity index (χ0) is 15.4. The third kappa shape index (κ3) is 3.79. The quantitative estimate of drug-likeness (QED) is 0.821. The second-order valence-electron chi connectivity index (χ2n) is 5.76. The van der Waals surface area contributed by atoms with Gasteiger partial charge in [0.25, 0.3) is 0 Å². The van der Waals surface area contributed by atoms with Crippen molar-refractivity contribution in [1.82, 2.24) is 4.90 Å². The molecule has 0 atom stereocenters. The Morgan fingerprint density at radius 2 is 1.81 bits per heavy atom. The van der Waals surface area contributed by atoms with Gasteiger partial charge in [-0.15, -0.1) is 0 Å². The highest BCUT2D eigenvalue weighted by atomic mass is 79.9. The van der Waals surface area contributed by atoms with E-state index in [4.69, 9.17) is 0 Å². The summed E-state index contributed by atoms with van der Waals surface area (Å²) in [7, 11) is 0. The number of piperazine rings is 1. The topological polar surface area (TPSA) is 23.6 Å². The van der Waals surface area contributed by atoms with Gasteiger partial charge in [-0.1, -0.05) is 35.8 Å². The molecule has 1 amide bonds. The Morgan fingerprint density at radius 3 is 2.33 bits per heavy atom. The molecule has 0 bridgehead atoms. The van der Waals surface area contributed by atoms with Crippen molar-refractivity contribution < 1.29 is 4.79 Å². The van der Waals surface area contributed by atoms with E-state index in [1.54, 1.807) is 0 Å². The Morgan fingerprint density at radius 1 is 1.19 bits per heavy atom. The summed E-state index contributed by atoms with van der Waals surface area (Å²) in [6, 6.07) is 6.48. The summed E-state index contributed by atoms with van der Waals surface area (Å²) in [5.41, 5.74) is 2.49. The van der Waals surface area contributed by atoms with Gasteiger partial charge in [0.15, 0.2) is 0 Å². The summed E-state index contributed by atoms with van der Waals surface area (Å²) in [4.78, 5) is 16.8. The van der Waals surface area contributed by atoms with Gasteiger partial charge in [0.1, 0.15) is 0 Å². The van der Waals surface area contributed by atoms with Crippen LogP contribution in [0, 0.1) is 12.8 Å². The lowest BCUT2D eigenvalue weighted by molar-refractivity contribution is -0.136. The van der Waals surface area contributed by atoms with E-state index < -0.39 is 0 Å². The molecule has 0 radical (unpaired) electrons. The van der Waals surface area contributed by atoms with E-state index in [0.29, 0.717) is 5.91 Å². The van der Waals surface area contributed by atoms with Gasteiger partial charge < -0.3 is 9.80 Å². The van der Waals surface area contributed by atoms with Gasteiger partial charge in [0.2, 0.25) is 5.91 Å². The Kier molecular flexibility index (Phi) is 5.68. The van der Waals surface area contributed by atoms with Crippen molar-refractivity contribution in [3.05, 3.63) is 28.2 Å². The highest BCUT2D eigenvalue weighted by molar-refractivity contribution is 9.10. The van der Waals surface area contributed by atoms with E-state index in [-0.39, 0.29) is 5.92 Å². The number of rotatable bonds is 4. The first-order chi connectivity index (χ1) is 10.1. The number of anilines is 1. The highest BCUT2D eigenvalue weighted by Gasteiger charge is 2.25. The number of carbonyl (C=O) groups excluding carboxylic acids is 1. The first kappa shape index (κ1) is 16.3. The van der Waals surface area contributed by atoms with Crippen molar-refractivity contribution in [2.24, 2.45) is 5.92 Å². The number of carbonyl (C=O) groups is 1. The number of amides is 1. The van der Waals surface area contributed by atoms with Crippen LogP contribution < -0.4 is 4.90 Å². The van der Waals surface area contributed by atoms with Crippen molar-refractivity contribution in [3.8, 4) is 0 Å². The molecule has 21 heavy (non-hydrogen) atoms. The van der Waals surface area contributed by atoms with Crippen molar-refractivity contribution in [2.75, 3.05) is 31.1 Å². The summed E-state index contributed by atoms with van der Waals surface area (Å²) < 4.78 is 1.15. The number of benzene rings is 1. The molecule has 0 saturated carbocycles. The molecule has 1 aromatic carbocycles. The Labute approximate surface area is 136 Å². The molecule has 1 heterocycles. The van der Waals surface area contributed by atoms with Crippen molar-refractivity contribution >= 4 is 27.5 Å². The van der Waals surface area contributed by atoms with Gasteiger partial charge in [0.05, 0.1) is 0 Å². The fourth-order valence-corrected chi connectivity index (χ4v) is 3.23. The van der Waals surface area contributed by atoms with Gasteiger partial charge in [-0.2, -0.15) is 0 Å². The van der Waals surface area contributed by atoms with Crippen LogP contribution in [-0.2, 0) is 4.79 Å². The van der Waals surface area contributed by atoms with Gasteiger partial charge in [0, 0.05) is 42.3 Å². The second-order valence-corrected chi connectivity index (χ2v) is 6.61. The molecule has 1 fully saturated rings. The maximum Gasteiger partial charge on any atom is 0.225 e. The number of halogens is 1. The summed E-state index contributed by atoms with van der Waals surface area (Å²) in [6.07, 6.45) is 1.89. The minimum absolute atomic E-state index is 0.199. The molecule has 1 saturated heterocycles.